The standard InChI is InChI=1S/C21H27ClN2O3Si/c1-5-14-6-9-18-17(12-14)19(24-21(22)23-18)27-16-8-7-15(13-16)20(25)26-10-11-28(2,3)4/h5-6,9,12,15-16H,1,7-8,10-11,13H2,2-4H3/t15-,16+/m0/s1. The average molecular weight is 419 g/mol. The Balaban J connectivity index is 1.65. The van der Waals surface area contributed by atoms with E-state index in [0.717, 1.165) is 35.4 Å². The molecule has 0 unspecified atom stereocenters. The van der Waals surface area contributed by atoms with Gasteiger partial charge in [-0.05, 0) is 54.6 Å². The summed E-state index contributed by atoms with van der Waals surface area (Å²) < 4.78 is 11.6. The summed E-state index contributed by atoms with van der Waals surface area (Å²) in [6, 6.07) is 6.72. The van der Waals surface area contributed by atoms with E-state index in [-0.39, 0.29) is 23.3 Å². The van der Waals surface area contributed by atoms with Crippen molar-refractivity contribution in [3.8, 4) is 5.88 Å². The fraction of sp³-hybridized carbons (Fsp3) is 0.476. The topological polar surface area (TPSA) is 61.3 Å². The lowest BCUT2D eigenvalue weighted by Gasteiger charge is -2.17. The third kappa shape index (κ3) is 5.32. The molecule has 7 heteroatoms. The number of aromatic nitrogens is 2. The van der Waals surface area contributed by atoms with Gasteiger partial charge in [0.25, 0.3) is 0 Å². The van der Waals surface area contributed by atoms with Gasteiger partial charge in [-0.25, -0.2) is 4.98 Å². The predicted octanol–water partition coefficient (Wildman–Crippen LogP) is 5.36. The highest BCUT2D eigenvalue weighted by atomic mass is 35.5. The molecule has 1 aliphatic rings. The Morgan fingerprint density at radius 2 is 2.11 bits per heavy atom. The molecular weight excluding hydrogens is 392 g/mol. The smallest absolute Gasteiger partial charge is 0.309 e. The van der Waals surface area contributed by atoms with Gasteiger partial charge in [-0.3, -0.25) is 4.79 Å². The molecule has 1 heterocycles. The Morgan fingerprint density at radius 1 is 1.32 bits per heavy atom. The minimum absolute atomic E-state index is 0.0869. The highest BCUT2D eigenvalue weighted by Crippen LogP contribution is 2.33. The third-order valence-electron chi connectivity index (χ3n) is 4.99. The largest absolute Gasteiger partial charge is 0.474 e. The molecule has 2 atom stereocenters. The molecule has 1 aromatic carbocycles. The number of nitrogens with zero attached hydrogens (tertiary/aromatic N) is 2. The molecule has 150 valence electrons. The first-order chi connectivity index (χ1) is 13.2. The lowest BCUT2D eigenvalue weighted by molar-refractivity contribution is -0.147. The molecule has 2 aromatic rings. The van der Waals surface area contributed by atoms with E-state index in [1.807, 2.05) is 18.2 Å². The van der Waals surface area contributed by atoms with E-state index in [2.05, 4.69) is 36.2 Å². The van der Waals surface area contributed by atoms with E-state index in [9.17, 15) is 4.79 Å². The molecular formula is C21H27ClN2O3Si. The Hall–Kier alpha value is -1.92. The fourth-order valence-corrected chi connectivity index (χ4v) is 4.18. The molecule has 1 aromatic heterocycles. The number of fused-ring (bicyclic) bond motifs is 1. The van der Waals surface area contributed by atoms with E-state index < -0.39 is 8.07 Å². The molecule has 0 spiro atoms. The monoisotopic (exact) mass is 418 g/mol. The Labute approximate surface area is 172 Å². The SMILES string of the molecule is C=Cc1ccc2nc(Cl)nc(O[C@@H]3CC[C@H](C(=O)OCC[Si](C)(C)C)C3)c2c1. The van der Waals surface area contributed by atoms with Crippen molar-refractivity contribution in [3.63, 3.8) is 0 Å². The van der Waals surface area contributed by atoms with Crippen LogP contribution in [0.15, 0.2) is 24.8 Å². The number of esters is 1. The zero-order valence-electron chi connectivity index (χ0n) is 16.7. The number of halogens is 1. The molecule has 0 radical (unpaired) electrons. The summed E-state index contributed by atoms with van der Waals surface area (Å²) in [5.74, 6) is 0.235. The van der Waals surface area contributed by atoms with Gasteiger partial charge >= 0.3 is 5.97 Å². The molecule has 0 saturated heterocycles. The molecule has 1 fully saturated rings. The fourth-order valence-electron chi connectivity index (χ4n) is 3.30. The van der Waals surface area contributed by atoms with Crippen molar-refractivity contribution in [2.45, 2.75) is 51.1 Å². The number of ether oxygens (including phenoxy) is 2. The Bertz CT molecular complexity index is 882. The van der Waals surface area contributed by atoms with Gasteiger partial charge in [0.2, 0.25) is 11.2 Å². The normalized spacial score (nSPS) is 19.6. The van der Waals surface area contributed by atoms with Crippen LogP contribution in [0.1, 0.15) is 24.8 Å². The lowest BCUT2D eigenvalue weighted by atomic mass is 10.1. The van der Waals surface area contributed by atoms with Crippen molar-refractivity contribution in [3.05, 3.63) is 35.6 Å². The Morgan fingerprint density at radius 3 is 2.82 bits per heavy atom. The number of hydrogen-bond donors (Lipinski definition) is 0. The zero-order chi connectivity index (χ0) is 20.3. The van der Waals surface area contributed by atoms with Crippen LogP contribution in [-0.4, -0.2) is 36.7 Å². The van der Waals surface area contributed by atoms with Crippen molar-refractivity contribution in [1.82, 2.24) is 9.97 Å². The maximum atomic E-state index is 12.4. The van der Waals surface area contributed by atoms with Crippen LogP contribution in [0.3, 0.4) is 0 Å². The van der Waals surface area contributed by atoms with Crippen LogP contribution in [0, 0.1) is 5.92 Å². The molecule has 1 aliphatic carbocycles. The maximum Gasteiger partial charge on any atom is 0.309 e. The number of carbonyl (C=O) groups excluding carboxylic acids is 1. The lowest BCUT2D eigenvalue weighted by Crippen LogP contribution is -2.24. The van der Waals surface area contributed by atoms with Crippen LogP contribution in [-0.2, 0) is 9.53 Å². The van der Waals surface area contributed by atoms with Gasteiger partial charge in [0.05, 0.1) is 23.4 Å². The molecule has 28 heavy (non-hydrogen) atoms. The summed E-state index contributed by atoms with van der Waals surface area (Å²) in [4.78, 5) is 20.9. The number of hydrogen-bond acceptors (Lipinski definition) is 5. The summed E-state index contributed by atoms with van der Waals surface area (Å²) in [6.07, 6.45) is 3.87. The third-order valence-corrected chi connectivity index (χ3v) is 6.86. The summed E-state index contributed by atoms with van der Waals surface area (Å²) in [7, 11) is -1.20. The van der Waals surface area contributed by atoms with Gasteiger partial charge < -0.3 is 9.47 Å². The molecule has 0 aliphatic heterocycles. The van der Waals surface area contributed by atoms with E-state index in [1.165, 1.54) is 0 Å². The van der Waals surface area contributed by atoms with E-state index in [4.69, 9.17) is 21.1 Å². The minimum Gasteiger partial charge on any atom is -0.474 e. The zero-order valence-corrected chi connectivity index (χ0v) is 18.5. The van der Waals surface area contributed by atoms with Gasteiger partial charge in [-0.1, -0.05) is 38.4 Å². The van der Waals surface area contributed by atoms with Gasteiger partial charge in [-0.15, -0.1) is 0 Å². The predicted molar refractivity (Wildman–Crippen MR) is 116 cm³/mol. The summed E-state index contributed by atoms with van der Waals surface area (Å²) >= 11 is 6.06. The van der Waals surface area contributed by atoms with Crippen LogP contribution < -0.4 is 4.74 Å². The van der Waals surface area contributed by atoms with Crippen LogP contribution in [0.5, 0.6) is 5.88 Å². The maximum absolute atomic E-state index is 12.4. The molecule has 1 saturated carbocycles. The van der Waals surface area contributed by atoms with Gasteiger partial charge in [-0.2, -0.15) is 4.98 Å². The molecule has 3 rings (SSSR count). The summed E-state index contributed by atoms with van der Waals surface area (Å²) in [6.45, 7) is 11.1. The minimum atomic E-state index is -1.20. The average Bonchev–Trinajstić information content (AvgIpc) is 3.09. The van der Waals surface area contributed by atoms with Gasteiger partial charge in [0, 0.05) is 8.07 Å². The van der Waals surface area contributed by atoms with Crippen molar-refractivity contribution in [2.75, 3.05) is 6.61 Å². The first-order valence-electron chi connectivity index (χ1n) is 9.68. The van der Waals surface area contributed by atoms with Crippen molar-refractivity contribution in [1.29, 1.82) is 0 Å². The van der Waals surface area contributed by atoms with Crippen LogP contribution in [0.25, 0.3) is 17.0 Å². The second-order valence-electron chi connectivity index (χ2n) is 8.51. The molecule has 0 bridgehead atoms. The van der Waals surface area contributed by atoms with E-state index in [1.54, 1.807) is 6.08 Å². The molecule has 0 N–H and O–H groups in total. The van der Waals surface area contributed by atoms with Crippen LogP contribution in [0.2, 0.25) is 31.0 Å². The van der Waals surface area contributed by atoms with E-state index in [0.29, 0.717) is 18.9 Å². The van der Waals surface area contributed by atoms with Crippen molar-refractivity contribution < 1.29 is 14.3 Å². The first kappa shape index (κ1) is 20.8. The number of rotatable bonds is 7. The number of carbonyl (C=O) groups is 1. The van der Waals surface area contributed by atoms with Gasteiger partial charge in [0.1, 0.15) is 6.10 Å². The second kappa shape index (κ2) is 8.62. The molecule has 0 amide bonds. The van der Waals surface area contributed by atoms with Crippen molar-refractivity contribution >= 4 is 42.6 Å². The van der Waals surface area contributed by atoms with E-state index >= 15 is 0 Å². The number of benzene rings is 1. The second-order valence-corrected chi connectivity index (χ2v) is 14.5. The first-order valence-corrected chi connectivity index (χ1v) is 13.8. The highest BCUT2D eigenvalue weighted by Gasteiger charge is 2.33. The van der Waals surface area contributed by atoms with Crippen molar-refractivity contribution in [2.24, 2.45) is 5.92 Å². The summed E-state index contributed by atoms with van der Waals surface area (Å²) in [5, 5.41) is 0.942. The summed E-state index contributed by atoms with van der Waals surface area (Å²) in [5.41, 5.74) is 1.68. The highest BCUT2D eigenvalue weighted by molar-refractivity contribution is 6.76. The van der Waals surface area contributed by atoms with Gasteiger partial charge in [0.15, 0.2) is 0 Å². The van der Waals surface area contributed by atoms with Crippen LogP contribution in [0.4, 0.5) is 0 Å². The molecule has 5 nitrogen and oxygen atoms in total. The Kier molecular flexibility index (Phi) is 6.40. The van der Waals surface area contributed by atoms with Crippen LogP contribution >= 0.6 is 11.6 Å². The quantitative estimate of drug-likeness (QED) is 0.344.